The zero-order chi connectivity index (χ0) is 26.3. The summed E-state index contributed by atoms with van der Waals surface area (Å²) in [5.74, 6) is 2.76. The Labute approximate surface area is 222 Å². The van der Waals surface area contributed by atoms with Gasteiger partial charge in [-0.05, 0) is 54.8 Å². The Morgan fingerprint density at radius 3 is 2.37 bits per heavy atom. The Hall–Kier alpha value is -3.43. The summed E-state index contributed by atoms with van der Waals surface area (Å²) in [6.07, 6.45) is 3.89. The molecule has 3 aromatic rings. The van der Waals surface area contributed by atoms with Crippen molar-refractivity contribution in [3.05, 3.63) is 71.3 Å². The quantitative estimate of drug-likeness (QED) is 0.449. The lowest BCUT2D eigenvalue weighted by molar-refractivity contribution is -0.0406. The van der Waals surface area contributed by atoms with Crippen LogP contribution in [0, 0.1) is 0 Å². The van der Waals surface area contributed by atoms with Gasteiger partial charge in [0.25, 0.3) is 10.0 Å². The summed E-state index contributed by atoms with van der Waals surface area (Å²) in [6, 6.07) is 15.8. The Kier molecular flexibility index (Phi) is 6.57. The number of benzene rings is 3. The number of sulfonamides is 1. The summed E-state index contributed by atoms with van der Waals surface area (Å²) in [6.45, 7) is 0.819. The highest BCUT2D eigenvalue weighted by Gasteiger charge is 2.41. The number of methoxy groups -OCH3 is 2. The SMILES string of the molecule is COc1ccc(OC)c2c1[C@@H](c1cccc(NS(=O)(=O)c3ccc4c(c3)OCCO4)c1)O[C@@H]1CCCC[C@H]21. The van der Waals surface area contributed by atoms with E-state index in [1.165, 1.54) is 12.1 Å². The van der Waals surface area contributed by atoms with Gasteiger partial charge in [0.05, 0.1) is 25.2 Å². The van der Waals surface area contributed by atoms with Crippen molar-refractivity contribution in [2.75, 3.05) is 32.2 Å². The van der Waals surface area contributed by atoms with Crippen molar-refractivity contribution >= 4 is 15.7 Å². The van der Waals surface area contributed by atoms with Crippen molar-refractivity contribution < 1.29 is 32.1 Å². The van der Waals surface area contributed by atoms with Crippen LogP contribution >= 0.6 is 0 Å². The molecule has 6 rings (SSSR count). The third-order valence-electron chi connectivity index (χ3n) is 7.56. The molecule has 3 aliphatic rings. The van der Waals surface area contributed by atoms with Crippen molar-refractivity contribution in [3.8, 4) is 23.0 Å². The largest absolute Gasteiger partial charge is 0.496 e. The van der Waals surface area contributed by atoms with E-state index in [0.29, 0.717) is 30.4 Å². The first-order valence-electron chi connectivity index (χ1n) is 12.9. The van der Waals surface area contributed by atoms with Crippen LogP contribution in [-0.2, 0) is 14.8 Å². The fraction of sp³-hybridized carbons (Fsp3) is 0.379. The second kappa shape index (κ2) is 10.0. The molecule has 2 heterocycles. The molecule has 1 saturated carbocycles. The summed E-state index contributed by atoms with van der Waals surface area (Å²) < 4.78 is 58.7. The predicted octanol–water partition coefficient (Wildman–Crippen LogP) is 5.42. The van der Waals surface area contributed by atoms with Crippen LogP contribution in [0.3, 0.4) is 0 Å². The van der Waals surface area contributed by atoms with E-state index in [1.807, 2.05) is 30.3 Å². The Morgan fingerprint density at radius 2 is 1.58 bits per heavy atom. The van der Waals surface area contributed by atoms with Crippen LogP contribution in [0.5, 0.6) is 23.0 Å². The molecule has 38 heavy (non-hydrogen) atoms. The van der Waals surface area contributed by atoms with Gasteiger partial charge in [0, 0.05) is 28.8 Å². The minimum absolute atomic E-state index is 0.0559. The minimum atomic E-state index is -3.87. The zero-order valence-electron chi connectivity index (χ0n) is 21.4. The topological polar surface area (TPSA) is 92.3 Å². The van der Waals surface area contributed by atoms with E-state index < -0.39 is 16.1 Å². The van der Waals surface area contributed by atoms with Gasteiger partial charge in [0.1, 0.15) is 30.8 Å². The second-order valence-electron chi connectivity index (χ2n) is 9.78. The Balaban J connectivity index is 1.36. The van der Waals surface area contributed by atoms with Gasteiger partial charge in [0.15, 0.2) is 11.5 Å². The molecular weight excluding hydrogens is 506 g/mol. The standard InChI is InChI=1S/C29H31NO7S/c1-33-24-12-13-25(34-2)28-27(24)21-8-3-4-9-22(21)37-29(28)18-6-5-7-19(16-18)30-38(31,32)20-10-11-23-26(17-20)36-15-14-35-23/h5-7,10-13,16-17,21-22,29-30H,3-4,8-9,14-15H2,1-2H3/t21-,22+,29+/m0/s1. The normalized spacial score (nSPS) is 22.1. The van der Waals surface area contributed by atoms with Gasteiger partial charge in [0.2, 0.25) is 0 Å². The number of rotatable bonds is 6. The molecule has 0 amide bonds. The second-order valence-corrected chi connectivity index (χ2v) is 11.5. The lowest BCUT2D eigenvalue weighted by Crippen LogP contribution is -2.34. The van der Waals surface area contributed by atoms with Crippen molar-refractivity contribution in [1.29, 1.82) is 0 Å². The fourth-order valence-electron chi connectivity index (χ4n) is 5.85. The maximum atomic E-state index is 13.3. The summed E-state index contributed by atoms with van der Waals surface area (Å²) >= 11 is 0. The van der Waals surface area contributed by atoms with Gasteiger partial charge in [-0.15, -0.1) is 0 Å². The van der Waals surface area contributed by atoms with Crippen LogP contribution in [0.1, 0.15) is 54.4 Å². The van der Waals surface area contributed by atoms with Crippen molar-refractivity contribution in [3.63, 3.8) is 0 Å². The molecule has 8 nitrogen and oxygen atoms in total. The monoisotopic (exact) mass is 537 g/mol. The number of ether oxygens (including phenoxy) is 5. The van der Waals surface area contributed by atoms with E-state index in [0.717, 1.165) is 53.9 Å². The molecule has 9 heteroatoms. The van der Waals surface area contributed by atoms with E-state index in [-0.39, 0.29) is 16.9 Å². The molecule has 1 fully saturated rings. The molecule has 0 aromatic heterocycles. The van der Waals surface area contributed by atoms with Gasteiger partial charge in [-0.1, -0.05) is 25.0 Å². The van der Waals surface area contributed by atoms with Gasteiger partial charge >= 0.3 is 0 Å². The highest BCUT2D eigenvalue weighted by Crippen LogP contribution is 2.53. The van der Waals surface area contributed by atoms with Crippen LogP contribution in [0.2, 0.25) is 0 Å². The fourth-order valence-corrected chi connectivity index (χ4v) is 6.92. The van der Waals surface area contributed by atoms with Crippen LogP contribution in [-0.4, -0.2) is 42.0 Å². The number of hydrogen-bond donors (Lipinski definition) is 1. The number of fused-ring (bicyclic) bond motifs is 4. The van der Waals surface area contributed by atoms with Gasteiger partial charge < -0.3 is 23.7 Å². The van der Waals surface area contributed by atoms with Crippen LogP contribution < -0.4 is 23.7 Å². The molecular formula is C29H31NO7S. The van der Waals surface area contributed by atoms with E-state index in [2.05, 4.69) is 4.72 Å². The average molecular weight is 538 g/mol. The summed E-state index contributed by atoms with van der Waals surface area (Å²) in [5, 5.41) is 0. The van der Waals surface area contributed by atoms with Crippen molar-refractivity contribution in [2.24, 2.45) is 0 Å². The Morgan fingerprint density at radius 1 is 0.842 bits per heavy atom. The van der Waals surface area contributed by atoms with E-state index >= 15 is 0 Å². The number of hydrogen-bond acceptors (Lipinski definition) is 7. The smallest absolute Gasteiger partial charge is 0.262 e. The van der Waals surface area contributed by atoms with E-state index in [9.17, 15) is 8.42 Å². The van der Waals surface area contributed by atoms with Crippen molar-refractivity contribution in [1.82, 2.24) is 0 Å². The maximum absolute atomic E-state index is 13.3. The molecule has 0 unspecified atom stereocenters. The summed E-state index contributed by atoms with van der Waals surface area (Å²) in [5.41, 5.74) is 3.36. The number of anilines is 1. The average Bonchev–Trinajstić information content (AvgIpc) is 2.95. The van der Waals surface area contributed by atoms with Gasteiger partial charge in [-0.3, -0.25) is 4.72 Å². The lowest BCUT2D eigenvalue weighted by atomic mass is 9.75. The van der Waals surface area contributed by atoms with E-state index in [1.54, 1.807) is 26.4 Å². The molecule has 200 valence electrons. The lowest BCUT2D eigenvalue weighted by Gasteiger charge is -2.42. The minimum Gasteiger partial charge on any atom is -0.496 e. The maximum Gasteiger partial charge on any atom is 0.262 e. The van der Waals surface area contributed by atoms with Crippen molar-refractivity contribution in [2.45, 2.75) is 48.7 Å². The molecule has 1 aliphatic carbocycles. The van der Waals surface area contributed by atoms with Crippen LogP contribution in [0.15, 0.2) is 59.5 Å². The number of nitrogens with one attached hydrogen (secondary N) is 1. The van der Waals surface area contributed by atoms with Crippen LogP contribution in [0.4, 0.5) is 5.69 Å². The molecule has 2 aliphatic heterocycles. The first-order chi connectivity index (χ1) is 18.5. The predicted molar refractivity (Wildman–Crippen MR) is 142 cm³/mol. The third kappa shape index (κ3) is 4.43. The molecule has 0 radical (unpaired) electrons. The third-order valence-corrected chi connectivity index (χ3v) is 8.94. The molecule has 0 saturated heterocycles. The zero-order valence-corrected chi connectivity index (χ0v) is 22.3. The molecule has 1 N–H and O–H groups in total. The van der Waals surface area contributed by atoms with Crippen LogP contribution in [0.25, 0.3) is 0 Å². The first-order valence-corrected chi connectivity index (χ1v) is 14.4. The molecule has 0 spiro atoms. The van der Waals surface area contributed by atoms with Gasteiger partial charge in [-0.25, -0.2) is 8.42 Å². The highest BCUT2D eigenvalue weighted by molar-refractivity contribution is 7.92. The molecule has 0 bridgehead atoms. The molecule has 3 aromatic carbocycles. The van der Waals surface area contributed by atoms with Gasteiger partial charge in [-0.2, -0.15) is 0 Å². The first kappa shape index (κ1) is 24.9. The summed E-state index contributed by atoms with van der Waals surface area (Å²) in [4.78, 5) is 0.0999. The molecule has 3 atom stereocenters. The van der Waals surface area contributed by atoms with E-state index in [4.69, 9.17) is 23.7 Å². The summed E-state index contributed by atoms with van der Waals surface area (Å²) in [7, 11) is -0.520. The highest BCUT2D eigenvalue weighted by atomic mass is 32.2. The Bertz CT molecular complexity index is 1460.